The fourth-order valence-electron chi connectivity index (χ4n) is 5.97. The van der Waals surface area contributed by atoms with Gasteiger partial charge in [0.15, 0.2) is 0 Å². The minimum atomic E-state index is -3.86. The van der Waals surface area contributed by atoms with Gasteiger partial charge in [-0.1, -0.05) is 60.7 Å². The minimum Gasteiger partial charge on any atom is -0.466 e. The van der Waals surface area contributed by atoms with Gasteiger partial charge < -0.3 is 15.0 Å². The number of carbonyl (C=O) groups excluding carboxylic acids is 4. The van der Waals surface area contributed by atoms with Crippen molar-refractivity contribution >= 4 is 33.7 Å². The van der Waals surface area contributed by atoms with E-state index in [1.807, 2.05) is 36.4 Å². The van der Waals surface area contributed by atoms with Gasteiger partial charge in [0.25, 0.3) is 5.91 Å². The van der Waals surface area contributed by atoms with Gasteiger partial charge in [-0.05, 0) is 55.6 Å². The second-order valence-corrected chi connectivity index (χ2v) is 14.1. The summed E-state index contributed by atoms with van der Waals surface area (Å²) < 4.78 is 33.8. The second kappa shape index (κ2) is 18.5. The first kappa shape index (κ1) is 36.8. The smallest absolute Gasteiger partial charge is 0.302 e. The maximum atomic E-state index is 13.9. The number of amides is 3. The van der Waals surface area contributed by atoms with Gasteiger partial charge in [-0.2, -0.15) is 5.11 Å². The topological polar surface area (TPSA) is 167 Å². The zero-order valence-electron chi connectivity index (χ0n) is 27.5. The van der Waals surface area contributed by atoms with Gasteiger partial charge in [0, 0.05) is 39.5 Å². The Morgan fingerprint density at radius 2 is 1.60 bits per heavy atom. The van der Waals surface area contributed by atoms with Crippen LogP contribution in [0.4, 0.5) is 0 Å². The van der Waals surface area contributed by atoms with Crippen LogP contribution in [0.5, 0.6) is 0 Å². The number of sulfonamides is 1. The van der Waals surface area contributed by atoms with Crippen LogP contribution in [0.1, 0.15) is 56.6 Å². The van der Waals surface area contributed by atoms with Crippen molar-refractivity contribution in [3.05, 3.63) is 71.8 Å². The van der Waals surface area contributed by atoms with Gasteiger partial charge in [-0.3, -0.25) is 24.1 Å². The highest BCUT2D eigenvalue weighted by Gasteiger charge is 2.38. The summed E-state index contributed by atoms with van der Waals surface area (Å²) in [6.07, 6.45) is 3.58. The second-order valence-electron chi connectivity index (χ2n) is 12.3. The normalized spacial score (nSPS) is 18.1. The van der Waals surface area contributed by atoms with Gasteiger partial charge in [0.1, 0.15) is 18.8 Å². The first-order chi connectivity index (χ1) is 23.1. The number of esters is 1. The molecule has 0 aliphatic carbocycles. The van der Waals surface area contributed by atoms with Crippen LogP contribution < -0.4 is 10.0 Å². The molecule has 14 heteroatoms. The van der Waals surface area contributed by atoms with E-state index in [1.165, 1.54) is 11.8 Å². The Labute approximate surface area is 282 Å². The van der Waals surface area contributed by atoms with Crippen LogP contribution in [0.25, 0.3) is 0 Å². The molecule has 2 fully saturated rings. The molecule has 2 saturated heterocycles. The molecule has 260 valence electrons. The number of likely N-dealkylation sites (tertiary alicyclic amines) is 2. The summed E-state index contributed by atoms with van der Waals surface area (Å²) in [5.41, 5.74) is 1.43. The third-order valence-electron chi connectivity index (χ3n) is 8.50. The molecule has 2 aromatic rings. The van der Waals surface area contributed by atoms with E-state index in [2.05, 4.69) is 25.2 Å². The highest BCUT2D eigenvalue weighted by atomic mass is 32.2. The number of hydrogen-bond acceptors (Lipinski definition) is 9. The van der Waals surface area contributed by atoms with Crippen LogP contribution in [0, 0.1) is 5.92 Å². The van der Waals surface area contributed by atoms with Crippen molar-refractivity contribution in [3.8, 4) is 0 Å². The number of azo groups is 1. The molecule has 2 aliphatic heterocycles. The zero-order valence-corrected chi connectivity index (χ0v) is 28.3. The summed E-state index contributed by atoms with van der Waals surface area (Å²) in [6.45, 7) is 4.17. The predicted octanol–water partition coefficient (Wildman–Crippen LogP) is 2.82. The molecular weight excluding hydrogens is 636 g/mol. The Balaban J connectivity index is 1.26. The molecule has 0 unspecified atom stereocenters. The van der Waals surface area contributed by atoms with E-state index < -0.39 is 28.0 Å². The summed E-state index contributed by atoms with van der Waals surface area (Å²) in [6, 6.07) is 16.3. The lowest BCUT2D eigenvalue weighted by Crippen LogP contribution is -2.54. The number of hydrogen-bond donors (Lipinski definition) is 2. The van der Waals surface area contributed by atoms with Crippen molar-refractivity contribution in [1.82, 2.24) is 19.8 Å². The minimum absolute atomic E-state index is 0.167. The fourth-order valence-corrected chi connectivity index (χ4v) is 7.30. The van der Waals surface area contributed by atoms with E-state index in [1.54, 1.807) is 24.3 Å². The molecule has 2 aromatic carbocycles. The first-order valence-corrected chi connectivity index (χ1v) is 18.2. The monoisotopic (exact) mass is 682 g/mol. The molecule has 3 amide bonds. The molecule has 2 heterocycles. The van der Waals surface area contributed by atoms with Gasteiger partial charge >= 0.3 is 5.97 Å². The van der Waals surface area contributed by atoms with Gasteiger partial charge in [-0.15, -0.1) is 5.11 Å². The summed E-state index contributed by atoms with van der Waals surface area (Å²) >= 11 is 0. The van der Waals surface area contributed by atoms with Crippen molar-refractivity contribution in [1.29, 1.82) is 0 Å². The summed E-state index contributed by atoms with van der Waals surface area (Å²) in [5.74, 6) is -1.36. The Hall–Kier alpha value is -4.01. The lowest BCUT2D eigenvalue weighted by molar-refractivity contribution is -0.141. The Morgan fingerprint density at radius 1 is 0.938 bits per heavy atom. The van der Waals surface area contributed by atoms with Gasteiger partial charge in [0.05, 0.1) is 12.4 Å². The van der Waals surface area contributed by atoms with Crippen LogP contribution in [0.2, 0.25) is 0 Å². The Morgan fingerprint density at radius 3 is 2.27 bits per heavy atom. The van der Waals surface area contributed by atoms with E-state index in [9.17, 15) is 27.6 Å². The molecule has 0 bridgehead atoms. The highest BCUT2D eigenvalue weighted by molar-refractivity contribution is 7.88. The number of benzene rings is 2. The largest absolute Gasteiger partial charge is 0.466 e. The van der Waals surface area contributed by atoms with Crippen molar-refractivity contribution in [2.24, 2.45) is 16.1 Å². The van der Waals surface area contributed by atoms with Crippen molar-refractivity contribution in [3.63, 3.8) is 0 Å². The van der Waals surface area contributed by atoms with E-state index in [-0.39, 0.29) is 48.9 Å². The summed E-state index contributed by atoms with van der Waals surface area (Å²) in [4.78, 5) is 53.5. The molecule has 4 rings (SSSR count). The molecule has 2 aliphatic rings. The maximum absolute atomic E-state index is 13.9. The molecule has 2 N–H and O–H groups in total. The lowest BCUT2D eigenvalue weighted by Gasteiger charge is -2.32. The molecule has 0 radical (unpaired) electrons. The summed E-state index contributed by atoms with van der Waals surface area (Å²) in [7, 11) is -3.86. The number of piperidine rings is 1. The molecule has 0 saturated carbocycles. The third kappa shape index (κ3) is 12.2. The Kier molecular flexibility index (Phi) is 14.2. The van der Waals surface area contributed by atoms with Crippen molar-refractivity contribution in [2.45, 2.75) is 69.7 Å². The van der Waals surface area contributed by atoms with Crippen molar-refractivity contribution < 1.29 is 32.3 Å². The Bertz CT molecular complexity index is 1500. The molecule has 0 aromatic heterocycles. The number of nitrogens with zero attached hydrogens (tertiary/aromatic N) is 4. The lowest BCUT2D eigenvalue weighted by atomic mass is 9.97. The highest BCUT2D eigenvalue weighted by Crippen LogP contribution is 2.22. The standard InChI is InChI=1S/C34H46N6O7S/c1-26(41)47-21-9-15-32(42)37-36-25-39-19-16-28(17-20-39)23-35-33(43)31-14-8-18-40(31)34(44)30(22-27-10-4-2-5-11-27)38-48(45,46)24-29-12-6-3-7-13-29/h2-7,10-13,28,30-31,38H,8-9,14-25H2,1H3,(H,35,43)/t30-,31+/m1/s1. The van der Waals surface area contributed by atoms with Crippen LogP contribution in [0.3, 0.4) is 0 Å². The van der Waals surface area contributed by atoms with Crippen LogP contribution in [-0.2, 0) is 46.1 Å². The fraction of sp³-hybridized carbons (Fsp3) is 0.529. The number of rotatable bonds is 16. The third-order valence-corrected chi connectivity index (χ3v) is 9.86. The maximum Gasteiger partial charge on any atom is 0.302 e. The van der Waals surface area contributed by atoms with E-state index in [4.69, 9.17) is 4.74 Å². The van der Waals surface area contributed by atoms with Crippen LogP contribution >= 0.6 is 0 Å². The van der Waals surface area contributed by atoms with E-state index in [0.717, 1.165) is 31.5 Å². The van der Waals surface area contributed by atoms with Crippen molar-refractivity contribution in [2.75, 3.05) is 39.5 Å². The molecular formula is C34H46N6O7S. The van der Waals surface area contributed by atoms with E-state index in [0.29, 0.717) is 44.6 Å². The quantitative estimate of drug-likeness (QED) is 0.155. The molecule has 48 heavy (non-hydrogen) atoms. The van der Waals surface area contributed by atoms with Gasteiger partial charge in [0.2, 0.25) is 21.8 Å². The first-order valence-electron chi connectivity index (χ1n) is 16.5. The molecule has 2 atom stereocenters. The SMILES string of the molecule is CC(=O)OCCCC(=O)N=NCN1CCC(CNC(=O)[C@@H]2CCCN2C(=O)[C@@H](Cc2ccccc2)NS(=O)(=O)Cc2ccccc2)CC1. The van der Waals surface area contributed by atoms with Gasteiger partial charge in [-0.25, -0.2) is 13.1 Å². The number of nitrogens with one attached hydrogen (secondary N) is 2. The predicted molar refractivity (Wildman–Crippen MR) is 179 cm³/mol. The molecule has 0 spiro atoms. The number of ether oxygens (including phenoxy) is 1. The van der Waals surface area contributed by atoms with E-state index >= 15 is 0 Å². The number of carbonyl (C=O) groups is 4. The zero-order chi connectivity index (χ0) is 34.4. The van der Waals surface area contributed by atoms with Crippen LogP contribution in [0.15, 0.2) is 70.9 Å². The summed E-state index contributed by atoms with van der Waals surface area (Å²) in [5, 5.41) is 10.8. The average Bonchev–Trinajstić information content (AvgIpc) is 3.56. The average molecular weight is 683 g/mol. The van der Waals surface area contributed by atoms with Crippen LogP contribution in [-0.4, -0.2) is 93.4 Å². The molecule has 13 nitrogen and oxygen atoms in total.